The van der Waals surface area contributed by atoms with E-state index in [0.29, 0.717) is 18.3 Å². The van der Waals surface area contributed by atoms with Gasteiger partial charge in [-0.05, 0) is 24.7 Å². The van der Waals surface area contributed by atoms with Crippen LogP contribution < -0.4 is 0 Å². The first kappa shape index (κ1) is 12.6. The van der Waals surface area contributed by atoms with Gasteiger partial charge in [0.2, 0.25) is 0 Å². The van der Waals surface area contributed by atoms with Crippen molar-refractivity contribution in [2.75, 3.05) is 0 Å². The van der Waals surface area contributed by atoms with Gasteiger partial charge in [0.05, 0.1) is 5.60 Å². The van der Waals surface area contributed by atoms with Crippen LogP contribution in [0.15, 0.2) is 6.33 Å². The van der Waals surface area contributed by atoms with E-state index in [1.54, 1.807) is 6.33 Å². The minimum absolute atomic E-state index is 0.367. The molecule has 1 heterocycles. The third-order valence-electron chi connectivity index (χ3n) is 3.86. The van der Waals surface area contributed by atoms with Gasteiger partial charge in [-0.3, -0.25) is 0 Å². The van der Waals surface area contributed by atoms with Crippen molar-refractivity contribution in [2.45, 2.75) is 58.6 Å². The van der Waals surface area contributed by atoms with Crippen LogP contribution in [-0.4, -0.2) is 25.5 Å². The van der Waals surface area contributed by atoms with Crippen LogP contribution in [0.5, 0.6) is 0 Å². The molecule has 2 atom stereocenters. The van der Waals surface area contributed by atoms with Crippen molar-refractivity contribution in [2.24, 2.45) is 11.8 Å². The summed E-state index contributed by atoms with van der Waals surface area (Å²) in [6.07, 6.45) is 5.37. The van der Waals surface area contributed by atoms with Crippen LogP contribution in [0.25, 0.3) is 0 Å². The molecule has 96 valence electrons. The molecule has 4 heteroatoms. The molecule has 0 saturated heterocycles. The molecular formula is C13H23N3O. The van der Waals surface area contributed by atoms with Crippen molar-refractivity contribution >= 4 is 0 Å². The molecule has 0 aromatic carbocycles. The van der Waals surface area contributed by atoms with Gasteiger partial charge in [0.25, 0.3) is 0 Å². The molecule has 2 unspecified atom stereocenters. The summed E-state index contributed by atoms with van der Waals surface area (Å²) in [4.78, 5) is 4.30. The van der Waals surface area contributed by atoms with Crippen LogP contribution in [-0.2, 0) is 13.0 Å². The van der Waals surface area contributed by atoms with Crippen molar-refractivity contribution in [1.82, 2.24) is 14.8 Å². The van der Waals surface area contributed by atoms with Crippen molar-refractivity contribution in [3.63, 3.8) is 0 Å². The Morgan fingerprint density at radius 1 is 1.59 bits per heavy atom. The van der Waals surface area contributed by atoms with E-state index in [1.165, 1.54) is 0 Å². The second-order valence-electron chi connectivity index (χ2n) is 5.83. The highest BCUT2D eigenvalue weighted by atomic mass is 16.3. The number of nitrogens with zero attached hydrogens (tertiary/aromatic N) is 3. The van der Waals surface area contributed by atoms with E-state index in [0.717, 1.165) is 31.6 Å². The van der Waals surface area contributed by atoms with Gasteiger partial charge in [-0.25, -0.2) is 9.67 Å². The molecule has 0 amide bonds. The van der Waals surface area contributed by atoms with Gasteiger partial charge < -0.3 is 5.11 Å². The lowest BCUT2D eigenvalue weighted by Crippen LogP contribution is -2.35. The fourth-order valence-electron chi connectivity index (χ4n) is 2.69. The fraction of sp³-hybridized carbons (Fsp3) is 0.846. The SMILES string of the molecule is CC(C)Cn1ncnc1CC1(O)CCCC1C. The summed E-state index contributed by atoms with van der Waals surface area (Å²) in [6, 6.07) is 0. The smallest absolute Gasteiger partial charge is 0.138 e. The molecule has 2 rings (SSSR count). The monoisotopic (exact) mass is 237 g/mol. The number of aliphatic hydroxyl groups is 1. The highest BCUT2D eigenvalue weighted by molar-refractivity contribution is 5.00. The van der Waals surface area contributed by atoms with Gasteiger partial charge in [0, 0.05) is 13.0 Å². The van der Waals surface area contributed by atoms with Crippen molar-refractivity contribution < 1.29 is 5.11 Å². The van der Waals surface area contributed by atoms with E-state index in [-0.39, 0.29) is 0 Å². The first-order chi connectivity index (χ1) is 8.01. The van der Waals surface area contributed by atoms with Crippen molar-refractivity contribution in [3.05, 3.63) is 12.2 Å². The summed E-state index contributed by atoms with van der Waals surface area (Å²) in [5.74, 6) is 1.84. The predicted octanol–water partition coefficient (Wildman–Crippen LogP) is 2.03. The Morgan fingerprint density at radius 3 is 2.94 bits per heavy atom. The molecule has 1 aromatic heterocycles. The Morgan fingerprint density at radius 2 is 2.35 bits per heavy atom. The molecule has 17 heavy (non-hydrogen) atoms. The molecule has 1 aliphatic carbocycles. The van der Waals surface area contributed by atoms with Gasteiger partial charge in [-0.15, -0.1) is 0 Å². The van der Waals surface area contributed by atoms with E-state index < -0.39 is 5.60 Å². The summed E-state index contributed by atoms with van der Waals surface area (Å²) >= 11 is 0. The van der Waals surface area contributed by atoms with Gasteiger partial charge in [0.1, 0.15) is 12.2 Å². The zero-order valence-electron chi connectivity index (χ0n) is 11.1. The number of hydrogen-bond acceptors (Lipinski definition) is 3. The zero-order chi connectivity index (χ0) is 12.5. The molecule has 0 bridgehead atoms. The Labute approximate surface area is 103 Å². The largest absolute Gasteiger partial charge is 0.389 e. The molecule has 1 saturated carbocycles. The average Bonchev–Trinajstić information content (AvgIpc) is 2.76. The van der Waals surface area contributed by atoms with Crippen molar-refractivity contribution in [3.8, 4) is 0 Å². The van der Waals surface area contributed by atoms with E-state index in [9.17, 15) is 5.11 Å². The summed E-state index contributed by atoms with van der Waals surface area (Å²) in [5.41, 5.74) is -0.568. The topological polar surface area (TPSA) is 50.9 Å². The van der Waals surface area contributed by atoms with Crippen molar-refractivity contribution in [1.29, 1.82) is 0 Å². The molecule has 1 aromatic rings. The second kappa shape index (κ2) is 4.77. The predicted molar refractivity (Wildman–Crippen MR) is 66.5 cm³/mol. The highest BCUT2D eigenvalue weighted by Crippen LogP contribution is 2.37. The molecule has 0 radical (unpaired) electrons. The maximum absolute atomic E-state index is 10.6. The summed E-state index contributed by atoms with van der Waals surface area (Å²) in [6.45, 7) is 7.34. The quantitative estimate of drug-likeness (QED) is 0.871. The maximum atomic E-state index is 10.6. The number of rotatable bonds is 4. The van der Waals surface area contributed by atoms with Crippen LogP contribution in [0.2, 0.25) is 0 Å². The molecule has 0 spiro atoms. The summed E-state index contributed by atoms with van der Waals surface area (Å²) in [7, 11) is 0. The lowest BCUT2D eigenvalue weighted by Gasteiger charge is -2.27. The van der Waals surface area contributed by atoms with E-state index in [1.807, 2.05) is 4.68 Å². The molecule has 1 aliphatic rings. The second-order valence-corrected chi connectivity index (χ2v) is 5.83. The maximum Gasteiger partial charge on any atom is 0.138 e. The van der Waals surface area contributed by atoms with Crippen LogP contribution in [0.4, 0.5) is 0 Å². The minimum atomic E-state index is -0.568. The Hall–Kier alpha value is -0.900. The standard InChI is InChI=1S/C13H23N3O/c1-10(2)8-16-12(14-9-15-16)7-13(17)6-4-5-11(13)3/h9-11,17H,4-8H2,1-3H3. The van der Waals surface area contributed by atoms with Gasteiger partial charge in [-0.2, -0.15) is 5.10 Å². The molecule has 1 N–H and O–H groups in total. The lowest BCUT2D eigenvalue weighted by atomic mass is 9.89. The molecular weight excluding hydrogens is 214 g/mol. The Balaban J connectivity index is 2.10. The summed E-state index contributed by atoms with van der Waals surface area (Å²) < 4.78 is 1.94. The van der Waals surface area contributed by atoms with Gasteiger partial charge >= 0.3 is 0 Å². The van der Waals surface area contributed by atoms with Crippen LogP contribution >= 0.6 is 0 Å². The van der Waals surface area contributed by atoms with Gasteiger partial charge in [-0.1, -0.05) is 27.2 Å². The average molecular weight is 237 g/mol. The van der Waals surface area contributed by atoms with Crippen LogP contribution in [0.3, 0.4) is 0 Å². The van der Waals surface area contributed by atoms with E-state index in [2.05, 4.69) is 30.9 Å². The Bertz CT molecular complexity index is 374. The van der Waals surface area contributed by atoms with E-state index in [4.69, 9.17) is 0 Å². The number of aromatic nitrogens is 3. The lowest BCUT2D eigenvalue weighted by molar-refractivity contribution is 0.00671. The Kier molecular flexibility index (Phi) is 3.52. The zero-order valence-corrected chi connectivity index (χ0v) is 11.1. The van der Waals surface area contributed by atoms with Crippen LogP contribution in [0, 0.1) is 11.8 Å². The molecule has 4 nitrogen and oxygen atoms in total. The van der Waals surface area contributed by atoms with Crippen LogP contribution in [0.1, 0.15) is 45.9 Å². The third-order valence-corrected chi connectivity index (χ3v) is 3.86. The third kappa shape index (κ3) is 2.68. The fourth-order valence-corrected chi connectivity index (χ4v) is 2.69. The first-order valence-corrected chi connectivity index (χ1v) is 6.60. The molecule has 1 fully saturated rings. The summed E-state index contributed by atoms with van der Waals surface area (Å²) in [5, 5.41) is 14.9. The minimum Gasteiger partial charge on any atom is -0.389 e. The normalized spacial score (nSPS) is 29.1. The first-order valence-electron chi connectivity index (χ1n) is 6.60. The highest BCUT2D eigenvalue weighted by Gasteiger charge is 2.39. The van der Waals surface area contributed by atoms with E-state index >= 15 is 0 Å². The van der Waals surface area contributed by atoms with Gasteiger partial charge in [0.15, 0.2) is 0 Å². The number of hydrogen-bond donors (Lipinski definition) is 1. The molecule has 0 aliphatic heterocycles.